The maximum Gasteiger partial charge on any atom is 0.338 e. The molecule has 31 heavy (non-hydrogen) atoms. The van der Waals surface area contributed by atoms with Crippen molar-refractivity contribution in [1.82, 2.24) is 0 Å². The van der Waals surface area contributed by atoms with E-state index >= 15 is 0 Å². The maximum absolute atomic E-state index is 11.8. The quantitative estimate of drug-likeness (QED) is 0.0965. The number of rotatable bonds is 19. The first-order valence-corrected chi connectivity index (χ1v) is 12.2. The Morgan fingerprint density at radius 1 is 0.839 bits per heavy atom. The highest BCUT2D eigenvalue weighted by atomic mass is 16.6. The number of ether oxygens (including phenoxy) is 2. The van der Waals surface area contributed by atoms with Gasteiger partial charge in [-0.2, -0.15) is 0 Å². The molecule has 1 aromatic rings. The van der Waals surface area contributed by atoms with Gasteiger partial charge >= 0.3 is 11.7 Å². The summed E-state index contributed by atoms with van der Waals surface area (Å²) in [6.45, 7) is 4.62. The third-order valence-electron chi connectivity index (χ3n) is 5.42. The monoisotopic (exact) mass is 435 g/mol. The minimum atomic E-state index is -0.566. The van der Waals surface area contributed by atoms with Crippen molar-refractivity contribution in [1.29, 1.82) is 0 Å². The van der Waals surface area contributed by atoms with Crippen molar-refractivity contribution in [2.75, 3.05) is 13.2 Å². The van der Waals surface area contributed by atoms with Crippen LogP contribution in [0.4, 0.5) is 5.69 Å². The smallest absolute Gasteiger partial charge is 0.338 e. The largest absolute Gasteiger partial charge is 0.487 e. The Morgan fingerprint density at radius 2 is 1.35 bits per heavy atom. The molecule has 0 radical (unpaired) electrons. The zero-order chi connectivity index (χ0) is 22.7. The lowest BCUT2D eigenvalue weighted by atomic mass is 10.0. The lowest BCUT2D eigenvalue weighted by Gasteiger charge is -2.08. The van der Waals surface area contributed by atoms with E-state index in [9.17, 15) is 14.9 Å². The van der Waals surface area contributed by atoms with E-state index in [0.717, 1.165) is 12.8 Å². The zero-order valence-corrected chi connectivity index (χ0v) is 19.5. The van der Waals surface area contributed by atoms with E-state index in [4.69, 9.17) is 9.47 Å². The highest BCUT2D eigenvalue weighted by Crippen LogP contribution is 2.28. The average Bonchev–Trinajstić information content (AvgIpc) is 2.76. The third-order valence-corrected chi connectivity index (χ3v) is 5.42. The summed E-state index contributed by atoms with van der Waals surface area (Å²) in [4.78, 5) is 22.5. The summed E-state index contributed by atoms with van der Waals surface area (Å²) in [6, 6.07) is 4.21. The van der Waals surface area contributed by atoms with E-state index in [1.54, 1.807) is 6.92 Å². The molecule has 1 rings (SSSR count). The average molecular weight is 436 g/mol. The van der Waals surface area contributed by atoms with E-state index in [2.05, 4.69) is 6.92 Å². The van der Waals surface area contributed by atoms with E-state index in [1.165, 1.54) is 95.2 Å². The normalized spacial score (nSPS) is 10.8. The number of carbonyl (C=O) groups is 1. The van der Waals surface area contributed by atoms with Crippen molar-refractivity contribution in [3.8, 4) is 5.75 Å². The molecule has 0 atom stereocenters. The molecule has 0 bridgehead atoms. The van der Waals surface area contributed by atoms with Crippen molar-refractivity contribution >= 4 is 11.7 Å². The predicted octanol–water partition coefficient (Wildman–Crippen LogP) is 7.63. The minimum Gasteiger partial charge on any atom is -0.487 e. The van der Waals surface area contributed by atoms with Crippen molar-refractivity contribution < 1.29 is 19.2 Å². The summed E-state index contributed by atoms with van der Waals surface area (Å²) in [5.41, 5.74) is -0.0340. The van der Waals surface area contributed by atoms with Gasteiger partial charge in [0.25, 0.3) is 0 Å². The van der Waals surface area contributed by atoms with Crippen LogP contribution in [0.1, 0.15) is 114 Å². The number of nitro benzene ring substituents is 1. The molecule has 0 amide bonds. The molecule has 0 heterocycles. The summed E-state index contributed by atoms with van der Waals surface area (Å²) in [5.74, 6) is -0.364. The van der Waals surface area contributed by atoms with Gasteiger partial charge in [-0.25, -0.2) is 4.79 Å². The molecule has 1 aromatic carbocycles. The fourth-order valence-electron chi connectivity index (χ4n) is 3.60. The Labute approximate surface area is 187 Å². The van der Waals surface area contributed by atoms with Crippen LogP contribution in [0.25, 0.3) is 0 Å². The van der Waals surface area contributed by atoms with Crippen LogP contribution in [0, 0.1) is 10.1 Å². The zero-order valence-electron chi connectivity index (χ0n) is 19.5. The Balaban J connectivity index is 2.11. The second-order valence-corrected chi connectivity index (χ2v) is 8.10. The first kappa shape index (κ1) is 26.9. The van der Waals surface area contributed by atoms with Gasteiger partial charge in [-0.05, 0) is 25.5 Å². The van der Waals surface area contributed by atoms with Crippen LogP contribution in [0.3, 0.4) is 0 Å². The second kappa shape index (κ2) is 17.6. The molecule has 0 aliphatic rings. The lowest BCUT2D eigenvalue weighted by Crippen LogP contribution is -2.06. The van der Waals surface area contributed by atoms with Crippen molar-refractivity contribution in [2.24, 2.45) is 0 Å². The molecule has 176 valence electrons. The molecule has 0 aliphatic carbocycles. The van der Waals surface area contributed by atoms with Crippen molar-refractivity contribution in [2.45, 2.75) is 104 Å². The van der Waals surface area contributed by atoms with E-state index in [1.807, 2.05) is 0 Å². The van der Waals surface area contributed by atoms with Gasteiger partial charge in [0.1, 0.15) is 0 Å². The number of nitrogens with zero attached hydrogens (tertiary/aromatic N) is 1. The first-order chi connectivity index (χ1) is 15.1. The van der Waals surface area contributed by atoms with Crippen LogP contribution in [0.5, 0.6) is 5.75 Å². The molecule has 6 nitrogen and oxygen atoms in total. The molecule has 0 fully saturated rings. The molecule has 0 unspecified atom stereocenters. The van der Waals surface area contributed by atoms with E-state index in [-0.39, 0.29) is 23.6 Å². The third kappa shape index (κ3) is 12.4. The molecular weight excluding hydrogens is 394 g/mol. The van der Waals surface area contributed by atoms with Crippen LogP contribution >= 0.6 is 0 Å². The summed E-state index contributed by atoms with van der Waals surface area (Å²) >= 11 is 0. The van der Waals surface area contributed by atoms with Crippen molar-refractivity contribution in [3.63, 3.8) is 0 Å². The van der Waals surface area contributed by atoms with Gasteiger partial charge in [-0.15, -0.1) is 0 Å². The Bertz CT molecular complexity index is 632. The molecule has 0 aromatic heterocycles. The number of nitro groups is 1. The number of esters is 1. The summed E-state index contributed by atoms with van der Waals surface area (Å²) in [6.07, 6.45) is 17.9. The topological polar surface area (TPSA) is 78.7 Å². The van der Waals surface area contributed by atoms with Gasteiger partial charge < -0.3 is 9.47 Å². The van der Waals surface area contributed by atoms with Gasteiger partial charge in [0, 0.05) is 6.07 Å². The summed E-state index contributed by atoms with van der Waals surface area (Å²) in [5, 5.41) is 11.3. The predicted molar refractivity (Wildman–Crippen MR) is 125 cm³/mol. The maximum atomic E-state index is 11.8. The number of hydrogen-bond donors (Lipinski definition) is 0. The molecule has 0 aliphatic heterocycles. The van der Waals surface area contributed by atoms with E-state index < -0.39 is 10.9 Å². The Morgan fingerprint density at radius 3 is 1.84 bits per heavy atom. The van der Waals surface area contributed by atoms with Crippen LogP contribution in [0.2, 0.25) is 0 Å². The Hall–Kier alpha value is -2.11. The molecule has 0 saturated heterocycles. The van der Waals surface area contributed by atoms with Gasteiger partial charge in [-0.3, -0.25) is 10.1 Å². The number of carbonyl (C=O) groups excluding carboxylic acids is 1. The highest BCUT2D eigenvalue weighted by molar-refractivity contribution is 5.90. The lowest BCUT2D eigenvalue weighted by molar-refractivity contribution is -0.385. The second-order valence-electron chi connectivity index (χ2n) is 8.10. The van der Waals surface area contributed by atoms with Crippen LogP contribution in [-0.2, 0) is 4.74 Å². The van der Waals surface area contributed by atoms with Gasteiger partial charge in [-0.1, -0.05) is 90.4 Å². The molecule has 0 saturated carbocycles. The number of unbranched alkanes of at least 4 members (excludes halogenated alkanes) is 13. The summed E-state index contributed by atoms with van der Waals surface area (Å²) < 4.78 is 10.5. The molecule has 0 N–H and O–H groups in total. The van der Waals surface area contributed by atoms with E-state index in [0.29, 0.717) is 6.61 Å². The van der Waals surface area contributed by atoms with Gasteiger partial charge in [0.2, 0.25) is 0 Å². The SMILES string of the molecule is CCCCCCCCCCCCCCCCOc1ccc(C(=O)OCC)cc1[N+](=O)[O-]. The molecule has 6 heteroatoms. The van der Waals surface area contributed by atoms with Gasteiger partial charge in [0.05, 0.1) is 23.7 Å². The van der Waals surface area contributed by atoms with Gasteiger partial charge in [0.15, 0.2) is 5.75 Å². The Kier molecular flexibility index (Phi) is 15.3. The van der Waals surface area contributed by atoms with Crippen LogP contribution < -0.4 is 4.74 Å². The van der Waals surface area contributed by atoms with Crippen LogP contribution in [0.15, 0.2) is 18.2 Å². The standard InChI is InChI=1S/C25H41NO5/c1-3-5-6-7-8-9-10-11-12-13-14-15-16-17-20-31-24-19-18-22(25(27)30-4-2)21-23(24)26(28)29/h18-19,21H,3-17,20H2,1-2H3. The first-order valence-electron chi connectivity index (χ1n) is 12.2. The van der Waals surface area contributed by atoms with Crippen molar-refractivity contribution in [3.05, 3.63) is 33.9 Å². The minimum absolute atomic E-state index is 0.164. The molecular formula is C25H41NO5. The number of benzene rings is 1. The van der Waals surface area contributed by atoms with Crippen LogP contribution in [-0.4, -0.2) is 24.1 Å². The number of hydrogen-bond acceptors (Lipinski definition) is 5. The fourth-order valence-corrected chi connectivity index (χ4v) is 3.60. The molecule has 0 spiro atoms. The highest BCUT2D eigenvalue weighted by Gasteiger charge is 2.19. The summed E-state index contributed by atoms with van der Waals surface area (Å²) in [7, 11) is 0. The fraction of sp³-hybridized carbons (Fsp3) is 0.720.